The molecule has 0 aromatic heterocycles. The molecule has 1 aliphatic rings. The molecule has 4 heteroatoms. The second-order valence-electron chi connectivity index (χ2n) is 2.06. The van der Waals surface area contributed by atoms with Gasteiger partial charge in [-0.25, -0.2) is 8.78 Å². The van der Waals surface area contributed by atoms with Crippen LogP contribution in [0.3, 0.4) is 0 Å². The molecule has 0 bridgehead atoms. The normalized spacial score (nSPS) is 33.3. The van der Waals surface area contributed by atoms with Crippen LogP contribution in [0, 0.1) is 0 Å². The third kappa shape index (κ3) is 1.17. The number of halogens is 2. The molecule has 2 unspecified atom stereocenters. The summed E-state index contributed by atoms with van der Waals surface area (Å²) < 4.78 is 23.7. The van der Waals surface area contributed by atoms with E-state index in [4.69, 9.17) is 0 Å². The van der Waals surface area contributed by atoms with Gasteiger partial charge in [0.25, 0.3) is 6.43 Å². The third-order valence-electron chi connectivity index (χ3n) is 1.35. The van der Waals surface area contributed by atoms with Crippen LogP contribution in [0.25, 0.3) is 0 Å². The highest BCUT2D eigenvalue weighted by molar-refractivity contribution is 5.58. The summed E-state index contributed by atoms with van der Waals surface area (Å²) in [5, 5.41) is 2.68. The van der Waals surface area contributed by atoms with Crippen LogP contribution in [-0.2, 0) is 0 Å². The molecule has 0 fully saturated rings. The lowest BCUT2D eigenvalue weighted by molar-refractivity contribution is 0.110. The molecule has 1 N–H and O–H groups in total. The Labute approximate surface area is 52.0 Å². The van der Waals surface area contributed by atoms with Crippen LogP contribution in [0.15, 0.2) is 4.99 Å². The first-order valence-corrected chi connectivity index (χ1v) is 2.77. The maximum absolute atomic E-state index is 11.8. The van der Waals surface area contributed by atoms with Gasteiger partial charge in [0.05, 0.1) is 12.4 Å². The van der Waals surface area contributed by atoms with Crippen LogP contribution in [0.4, 0.5) is 8.78 Å². The lowest BCUT2D eigenvalue weighted by Gasteiger charge is -2.10. The zero-order valence-electron chi connectivity index (χ0n) is 5.01. The Morgan fingerprint density at radius 2 is 2.33 bits per heavy atom. The third-order valence-corrected chi connectivity index (χ3v) is 1.35. The standard InChI is InChI=1S/C5H8F2N2/c1-3-4(5(6)7)9-2-8-3/h2-5H,1H3,(H,8,9). The minimum atomic E-state index is -2.34. The predicted octanol–water partition coefficient (Wildman–Crippen LogP) is 0.640. The topological polar surface area (TPSA) is 24.4 Å². The van der Waals surface area contributed by atoms with E-state index in [-0.39, 0.29) is 6.04 Å². The van der Waals surface area contributed by atoms with Crippen molar-refractivity contribution in [3.05, 3.63) is 0 Å². The van der Waals surface area contributed by atoms with Gasteiger partial charge in [-0.05, 0) is 6.92 Å². The van der Waals surface area contributed by atoms with E-state index in [2.05, 4.69) is 10.3 Å². The first kappa shape index (κ1) is 6.45. The number of alkyl halides is 2. The average molecular weight is 134 g/mol. The minimum Gasteiger partial charge on any atom is -0.372 e. The molecular formula is C5H8F2N2. The molecule has 2 atom stereocenters. The zero-order chi connectivity index (χ0) is 6.85. The molecule has 1 heterocycles. The van der Waals surface area contributed by atoms with Crippen molar-refractivity contribution in [2.45, 2.75) is 25.4 Å². The van der Waals surface area contributed by atoms with Gasteiger partial charge in [-0.2, -0.15) is 0 Å². The van der Waals surface area contributed by atoms with Crippen LogP contribution < -0.4 is 5.32 Å². The van der Waals surface area contributed by atoms with Gasteiger partial charge in [0.15, 0.2) is 0 Å². The summed E-state index contributed by atoms with van der Waals surface area (Å²) >= 11 is 0. The van der Waals surface area contributed by atoms with E-state index < -0.39 is 12.5 Å². The van der Waals surface area contributed by atoms with E-state index in [1.807, 2.05) is 0 Å². The second-order valence-corrected chi connectivity index (χ2v) is 2.06. The van der Waals surface area contributed by atoms with Gasteiger partial charge in [-0.1, -0.05) is 0 Å². The Morgan fingerprint density at radius 1 is 1.67 bits per heavy atom. The van der Waals surface area contributed by atoms with Crippen molar-refractivity contribution >= 4 is 6.34 Å². The van der Waals surface area contributed by atoms with Gasteiger partial charge < -0.3 is 5.32 Å². The van der Waals surface area contributed by atoms with E-state index in [0.717, 1.165) is 0 Å². The summed E-state index contributed by atoms with van der Waals surface area (Å²) in [6.07, 6.45) is -1.01. The molecule has 0 aromatic carbocycles. The van der Waals surface area contributed by atoms with Crippen molar-refractivity contribution in [3.8, 4) is 0 Å². The molecule has 0 aliphatic carbocycles. The number of nitrogens with zero attached hydrogens (tertiary/aromatic N) is 1. The summed E-state index contributed by atoms with van der Waals surface area (Å²) in [6, 6.07) is -1.06. The van der Waals surface area contributed by atoms with Crippen molar-refractivity contribution in [2.75, 3.05) is 0 Å². The maximum atomic E-state index is 11.8. The van der Waals surface area contributed by atoms with Crippen LogP contribution >= 0.6 is 0 Å². The summed E-state index contributed by atoms with van der Waals surface area (Å²) in [4.78, 5) is 3.53. The van der Waals surface area contributed by atoms with Crippen molar-refractivity contribution in [1.29, 1.82) is 0 Å². The number of hydrogen-bond acceptors (Lipinski definition) is 2. The minimum absolute atomic E-state index is 0.218. The highest BCUT2D eigenvalue weighted by atomic mass is 19.3. The lowest BCUT2D eigenvalue weighted by Crippen LogP contribution is -2.32. The van der Waals surface area contributed by atoms with E-state index in [0.29, 0.717) is 0 Å². The van der Waals surface area contributed by atoms with E-state index in [1.54, 1.807) is 6.92 Å². The second kappa shape index (κ2) is 2.29. The maximum Gasteiger partial charge on any atom is 0.262 e. The molecule has 0 radical (unpaired) electrons. The van der Waals surface area contributed by atoms with E-state index >= 15 is 0 Å². The molecule has 0 aromatic rings. The van der Waals surface area contributed by atoms with Gasteiger partial charge in [0, 0.05) is 0 Å². The van der Waals surface area contributed by atoms with Crippen molar-refractivity contribution in [1.82, 2.24) is 5.32 Å². The molecule has 0 amide bonds. The molecular weight excluding hydrogens is 126 g/mol. The first-order valence-electron chi connectivity index (χ1n) is 2.77. The summed E-state index contributed by atoms with van der Waals surface area (Å²) in [7, 11) is 0. The van der Waals surface area contributed by atoms with Gasteiger partial charge in [0.1, 0.15) is 6.04 Å². The first-order chi connectivity index (χ1) is 4.22. The number of aliphatic imine (C=N–C) groups is 1. The highest BCUT2D eigenvalue weighted by Crippen LogP contribution is 2.11. The Bertz CT molecular complexity index is 124. The Balaban J connectivity index is 2.49. The van der Waals surface area contributed by atoms with Crippen molar-refractivity contribution < 1.29 is 8.78 Å². The van der Waals surface area contributed by atoms with Crippen LogP contribution in [0.1, 0.15) is 6.92 Å². The summed E-state index contributed by atoms with van der Waals surface area (Å²) in [5.74, 6) is 0. The van der Waals surface area contributed by atoms with Gasteiger partial charge in [0.2, 0.25) is 0 Å². The molecule has 1 aliphatic heterocycles. The van der Waals surface area contributed by atoms with Crippen LogP contribution in [0.5, 0.6) is 0 Å². The van der Waals surface area contributed by atoms with Crippen LogP contribution in [0.2, 0.25) is 0 Å². The molecule has 0 saturated carbocycles. The van der Waals surface area contributed by atoms with E-state index in [9.17, 15) is 8.78 Å². The van der Waals surface area contributed by atoms with E-state index in [1.165, 1.54) is 6.34 Å². The number of rotatable bonds is 1. The van der Waals surface area contributed by atoms with Gasteiger partial charge in [-0.3, -0.25) is 4.99 Å². The van der Waals surface area contributed by atoms with Crippen molar-refractivity contribution in [3.63, 3.8) is 0 Å². The highest BCUT2D eigenvalue weighted by Gasteiger charge is 2.27. The molecule has 1 rings (SSSR count). The lowest BCUT2D eigenvalue weighted by atomic mass is 10.2. The SMILES string of the molecule is CC1NC=NC1C(F)F. The van der Waals surface area contributed by atoms with Gasteiger partial charge >= 0.3 is 0 Å². The Morgan fingerprint density at radius 3 is 2.56 bits per heavy atom. The smallest absolute Gasteiger partial charge is 0.262 e. The Hall–Kier alpha value is -0.670. The molecule has 2 nitrogen and oxygen atoms in total. The number of hydrogen-bond donors (Lipinski definition) is 1. The fourth-order valence-corrected chi connectivity index (χ4v) is 0.758. The van der Waals surface area contributed by atoms with Crippen molar-refractivity contribution in [2.24, 2.45) is 4.99 Å². The quantitative estimate of drug-likeness (QED) is 0.559. The fraction of sp³-hybridized carbons (Fsp3) is 0.800. The van der Waals surface area contributed by atoms with Crippen LogP contribution in [-0.4, -0.2) is 24.8 Å². The fourth-order valence-electron chi connectivity index (χ4n) is 0.758. The summed E-state index contributed by atoms with van der Waals surface area (Å²) in [5.41, 5.74) is 0. The summed E-state index contributed by atoms with van der Waals surface area (Å²) in [6.45, 7) is 1.68. The average Bonchev–Trinajstić information content (AvgIpc) is 2.13. The molecule has 9 heavy (non-hydrogen) atoms. The predicted molar refractivity (Wildman–Crippen MR) is 30.9 cm³/mol. The van der Waals surface area contributed by atoms with Gasteiger partial charge in [-0.15, -0.1) is 0 Å². The molecule has 52 valence electrons. The molecule has 0 saturated heterocycles. The zero-order valence-corrected chi connectivity index (χ0v) is 5.01. The number of nitrogens with one attached hydrogen (secondary N) is 1. The monoisotopic (exact) mass is 134 g/mol. The molecule has 0 spiro atoms. The largest absolute Gasteiger partial charge is 0.372 e. The Kier molecular flexibility index (Phi) is 1.64.